The van der Waals surface area contributed by atoms with E-state index in [0.717, 1.165) is 11.3 Å². The molecule has 1 heterocycles. The van der Waals surface area contributed by atoms with Crippen LogP contribution < -0.4 is 10.6 Å². The van der Waals surface area contributed by atoms with Gasteiger partial charge in [-0.25, -0.2) is 4.98 Å². The van der Waals surface area contributed by atoms with Crippen LogP contribution in [0.5, 0.6) is 0 Å². The zero-order valence-corrected chi connectivity index (χ0v) is 10.3. The maximum atomic E-state index is 5.91. The molecule has 0 saturated carbocycles. The van der Waals surface area contributed by atoms with Gasteiger partial charge in [0.15, 0.2) is 0 Å². The fourth-order valence-electron chi connectivity index (χ4n) is 1.38. The lowest BCUT2D eigenvalue weighted by Crippen LogP contribution is -2.01. The predicted molar refractivity (Wildman–Crippen MR) is 69.9 cm³/mol. The van der Waals surface area contributed by atoms with Crippen molar-refractivity contribution in [2.75, 3.05) is 17.7 Å². The molecule has 0 fully saturated rings. The number of hydrogen-bond acceptors (Lipinski definition) is 4. The first kappa shape index (κ1) is 11.7. The van der Waals surface area contributed by atoms with Gasteiger partial charge in [-0.3, -0.25) is 0 Å². The van der Waals surface area contributed by atoms with Gasteiger partial charge >= 0.3 is 0 Å². The Morgan fingerprint density at radius 2 is 2.24 bits per heavy atom. The van der Waals surface area contributed by atoms with Crippen molar-refractivity contribution in [1.29, 1.82) is 0 Å². The molecule has 1 radical (unpaired) electrons. The molecule has 0 aliphatic rings. The van der Waals surface area contributed by atoms with E-state index in [9.17, 15) is 0 Å². The lowest BCUT2D eigenvalue weighted by molar-refractivity contribution is 1.15. The van der Waals surface area contributed by atoms with Crippen LogP contribution in [0, 0.1) is 13.0 Å². The molecule has 2 aromatic rings. The Labute approximate surface area is 105 Å². The Morgan fingerprint density at radius 1 is 1.41 bits per heavy atom. The summed E-state index contributed by atoms with van der Waals surface area (Å²) >= 11 is 5.91. The summed E-state index contributed by atoms with van der Waals surface area (Å²) in [6.45, 7) is 1.99. The fourth-order valence-corrected chi connectivity index (χ4v) is 1.56. The maximum Gasteiger partial charge on any atom is 0.229 e. The summed E-state index contributed by atoms with van der Waals surface area (Å²) in [4.78, 5) is 8.37. The Morgan fingerprint density at radius 3 is 2.94 bits per heavy atom. The van der Waals surface area contributed by atoms with Gasteiger partial charge in [0.1, 0.15) is 10.8 Å². The number of benzene rings is 1. The largest absolute Gasteiger partial charge is 0.372 e. The van der Waals surface area contributed by atoms with E-state index in [-0.39, 0.29) is 0 Å². The monoisotopic (exact) mass is 247 g/mol. The van der Waals surface area contributed by atoms with Gasteiger partial charge in [0.25, 0.3) is 0 Å². The third-order valence-corrected chi connectivity index (χ3v) is 2.57. The maximum absolute atomic E-state index is 5.91. The molecule has 0 spiro atoms. The van der Waals surface area contributed by atoms with Gasteiger partial charge in [-0.1, -0.05) is 17.7 Å². The second-order valence-corrected chi connectivity index (χ2v) is 3.91. The molecule has 0 atom stereocenters. The molecule has 0 bridgehead atoms. The Kier molecular flexibility index (Phi) is 3.44. The summed E-state index contributed by atoms with van der Waals surface area (Å²) < 4.78 is 0. The summed E-state index contributed by atoms with van der Waals surface area (Å²) in [6, 6.07) is 8.66. The second-order valence-electron chi connectivity index (χ2n) is 3.51. The van der Waals surface area contributed by atoms with Crippen LogP contribution >= 0.6 is 11.6 Å². The standard InChI is InChI=1S/C12H12ClN4/c1-8-5-3-4-6-10(8)16-12-15-7-9(13)11(14-2)17-12/h4-7H,1-2H3,(H2,14,15,16,17). The highest BCUT2D eigenvalue weighted by atomic mass is 35.5. The van der Waals surface area contributed by atoms with Gasteiger partial charge in [-0.15, -0.1) is 0 Å². The Bertz CT molecular complexity index is 528. The highest BCUT2D eigenvalue weighted by Crippen LogP contribution is 2.22. The van der Waals surface area contributed by atoms with E-state index in [4.69, 9.17) is 11.6 Å². The average molecular weight is 248 g/mol. The molecule has 0 amide bonds. The van der Waals surface area contributed by atoms with Gasteiger partial charge in [0, 0.05) is 12.7 Å². The van der Waals surface area contributed by atoms with Crippen molar-refractivity contribution in [1.82, 2.24) is 9.97 Å². The zero-order valence-electron chi connectivity index (χ0n) is 9.58. The Balaban J connectivity index is 2.28. The van der Waals surface area contributed by atoms with Crippen LogP contribution in [0.15, 0.2) is 24.4 Å². The summed E-state index contributed by atoms with van der Waals surface area (Å²) in [5.74, 6) is 1.11. The number of aryl methyl sites for hydroxylation is 1. The SMILES string of the molecule is CNc1nc(Nc2cc[c]cc2C)ncc1Cl. The average Bonchev–Trinajstić information content (AvgIpc) is 2.34. The van der Waals surface area contributed by atoms with Crippen molar-refractivity contribution in [3.8, 4) is 0 Å². The molecule has 5 heteroatoms. The van der Waals surface area contributed by atoms with Gasteiger partial charge in [-0.2, -0.15) is 4.98 Å². The van der Waals surface area contributed by atoms with Crippen molar-refractivity contribution < 1.29 is 0 Å². The molecule has 2 rings (SSSR count). The summed E-state index contributed by atoms with van der Waals surface area (Å²) in [5, 5.41) is 6.54. The molecule has 0 saturated heterocycles. The van der Waals surface area contributed by atoms with Crippen molar-refractivity contribution >= 4 is 29.1 Å². The molecule has 17 heavy (non-hydrogen) atoms. The predicted octanol–water partition coefficient (Wildman–Crippen LogP) is 3.02. The van der Waals surface area contributed by atoms with Crippen molar-refractivity contribution in [3.05, 3.63) is 41.0 Å². The van der Waals surface area contributed by atoms with Crippen LogP contribution in [0.2, 0.25) is 5.02 Å². The van der Waals surface area contributed by atoms with E-state index in [2.05, 4.69) is 26.7 Å². The molecule has 1 aromatic carbocycles. The lowest BCUT2D eigenvalue weighted by atomic mass is 10.2. The number of hydrogen-bond donors (Lipinski definition) is 2. The topological polar surface area (TPSA) is 49.8 Å². The molecule has 0 aliphatic heterocycles. The summed E-state index contributed by atoms with van der Waals surface area (Å²) in [7, 11) is 1.76. The third kappa shape index (κ3) is 2.65. The minimum atomic E-state index is 0.496. The van der Waals surface area contributed by atoms with E-state index in [1.807, 2.05) is 25.1 Å². The number of nitrogens with zero attached hydrogens (tertiary/aromatic N) is 2. The molecule has 0 unspecified atom stereocenters. The smallest absolute Gasteiger partial charge is 0.229 e. The van der Waals surface area contributed by atoms with Crippen molar-refractivity contribution in [3.63, 3.8) is 0 Å². The zero-order chi connectivity index (χ0) is 12.3. The minimum Gasteiger partial charge on any atom is -0.372 e. The fraction of sp³-hybridized carbons (Fsp3) is 0.167. The van der Waals surface area contributed by atoms with Crippen LogP contribution in [0.25, 0.3) is 0 Å². The Hall–Kier alpha value is -1.81. The minimum absolute atomic E-state index is 0.496. The lowest BCUT2D eigenvalue weighted by Gasteiger charge is -2.09. The third-order valence-electron chi connectivity index (χ3n) is 2.30. The number of aromatic nitrogens is 2. The van der Waals surface area contributed by atoms with Crippen molar-refractivity contribution in [2.24, 2.45) is 0 Å². The van der Waals surface area contributed by atoms with Crippen LogP contribution in [0.3, 0.4) is 0 Å². The van der Waals surface area contributed by atoms with Crippen LogP contribution in [-0.4, -0.2) is 17.0 Å². The highest BCUT2D eigenvalue weighted by Gasteiger charge is 2.04. The first-order valence-corrected chi connectivity index (χ1v) is 5.52. The molecular formula is C12H12ClN4. The number of rotatable bonds is 3. The molecule has 87 valence electrons. The van der Waals surface area contributed by atoms with Gasteiger partial charge < -0.3 is 10.6 Å². The molecule has 1 aromatic heterocycles. The normalized spacial score (nSPS) is 10.1. The van der Waals surface area contributed by atoms with E-state index in [0.29, 0.717) is 16.8 Å². The van der Waals surface area contributed by atoms with Crippen molar-refractivity contribution in [2.45, 2.75) is 6.92 Å². The first-order chi connectivity index (χ1) is 8.20. The van der Waals surface area contributed by atoms with E-state index < -0.39 is 0 Å². The quantitative estimate of drug-likeness (QED) is 0.875. The molecule has 2 N–H and O–H groups in total. The molecule has 4 nitrogen and oxygen atoms in total. The van der Waals surface area contributed by atoms with Gasteiger partial charge in [0.2, 0.25) is 5.95 Å². The van der Waals surface area contributed by atoms with E-state index in [1.54, 1.807) is 13.2 Å². The number of anilines is 3. The van der Waals surface area contributed by atoms with E-state index in [1.165, 1.54) is 0 Å². The van der Waals surface area contributed by atoms with Crippen LogP contribution in [0.4, 0.5) is 17.5 Å². The summed E-state index contributed by atoms with van der Waals surface area (Å²) in [5.41, 5.74) is 2.03. The van der Waals surface area contributed by atoms with Crippen LogP contribution in [0.1, 0.15) is 5.56 Å². The molecule has 0 aliphatic carbocycles. The molecular weight excluding hydrogens is 236 g/mol. The summed E-state index contributed by atoms with van der Waals surface area (Å²) in [6.07, 6.45) is 1.56. The van der Waals surface area contributed by atoms with Gasteiger partial charge in [0.05, 0.1) is 6.20 Å². The number of halogens is 1. The van der Waals surface area contributed by atoms with Gasteiger partial charge in [-0.05, 0) is 30.7 Å². The van der Waals surface area contributed by atoms with E-state index >= 15 is 0 Å². The first-order valence-electron chi connectivity index (χ1n) is 5.14. The second kappa shape index (κ2) is 5.01. The number of nitrogens with one attached hydrogen (secondary N) is 2. The highest BCUT2D eigenvalue weighted by molar-refractivity contribution is 6.32. The van der Waals surface area contributed by atoms with Crippen LogP contribution in [-0.2, 0) is 0 Å².